The Kier molecular flexibility index (Phi) is 6.55. The summed E-state index contributed by atoms with van der Waals surface area (Å²) in [6, 6.07) is 0.195. The van der Waals surface area contributed by atoms with Crippen molar-refractivity contribution in [3.05, 3.63) is 16.3 Å². The average Bonchev–Trinajstić information content (AvgIpc) is 3.04. The van der Waals surface area contributed by atoms with E-state index in [1.54, 1.807) is 0 Å². The molecule has 1 atom stereocenters. The van der Waals surface area contributed by atoms with E-state index in [-0.39, 0.29) is 11.9 Å². The zero-order chi connectivity index (χ0) is 21.3. The largest absolute Gasteiger partial charge is 0.383 e. The molecule has 2 aromatic heterocycles. The fraction of sp³-hybridized carbons (Fsp3) is 0.682. The Morgan fingerprint density at radius 3 is 2.70 bits per heavy atom. The molecule has 2 aliphatic rings. The number of nitrogens with zero attached hydrogens (tertiary/aromatic N) is 4. The molecule has 0 aromatic carbocycles. The van der Waals surface area contributed by atoms with Crippen molar-refractivity contribution < 1.29 is 4.79 Å². The van der Waals surface area contributed by atoms with E-state index < -0.39 is 0 Å². The zero-order valence-corrected chi connectivity index (χ0v) is 19.2. The molecule has 1 aliphatic heterocycles. The molecule has 164 valence electrons. The van der Waals surface area contributed by atoms with Gasteiger partial charge in [-0.2, -0.15) is 0 Å². The van der Waals surface area contributed by atoms with Crippen LogP contribution in [0.25, 0.3) is 10.2 Å². The number of carbonyl (C=O) groups excluding carboxylic acids is 1. The van der Waals surface area contributed by atoms with Crippen LogP contribution in [0.1, 0.15) is 43.5 Å². The maximum Gasteiger partial charge on any atom is 0.234 e. The molecule has 4 rings (SSSR count). The molecule has 8 heteroatoms. The van der Waals surface area contributed by atoms with Crippen LogP contribution in [0, 0.1) is 5.92 Å². The summed E-state index contributed by atoms with van der Waals surface area (Å²) in [6.07, 6.45) is 4.28. The van der Waals surface area contributed by atoms with E-state index >= 15 is 0 Å². The summed E-state index contributed by atoms with van der Waals surface area (Å²) in [6.45, 7) is 11.5. The number of aryl methyl sites for hydroxylation is 1. The Bertz CT molecular complexity index is 903. The molecule has 3 heterocycles. The Hall–Kier alpha value is -1.77. The van der Waals surface area contributed by atoms with Crippen molar-refractivity contribution in [2.75, 3.05) is 45.0 Å². The highest BCUT2D eigenvalue weighted by atomic mass is 32.1. The number of thiophene rings is 1. The monoisotopic (exact) mass is 430 g/mol. The van der Waals surface area contributed by atoms with Gasteiger partial charge in [0.15, 0.2) is 0 Å². The standard InChI is InChI=1S/C22H34N6OS/c1-14(2)24-19(29)13-28-10-8-27(9-11-28)7-6-18-25-21(23)20-16-5-4-15(3)12-17(16)30-22(20)26-18/h14-15H,4-13H2,1-3H3,(H,24,29)(H2,23,25,26). The molecule has 1 fully saturated rings. The van der Waals surface area contributed by atoms with E-state index in [4.69, 9.17) is 10.7 Å². The third-order valence-corrected chi connectivity index (χ3v) is 7.31. The third kappa shape index (κ3) is 4.92. The van der Waals surface area contributed by atoms with Crippen molar-refractivity contribution >= 4 is 33.3 Å². The van der Waals surface area contributed by atoms with Crippen LogP contribution in [0.2, 0.25) is 0 Å². The Morgan fingerprint density at radius 2 is 1.97 bits per heavy atom. The topological polar surface area (TPSA) is 87.4 Å². The lowest BCUT2D eigenvalue weighted by Gasteiger charge is -2.34. The predicted octanol–water partition coefficient (Wildman–Crippen LogP) is 2.08. The summed E-state index contributed by atoms with van der Waals surface area (Å²) in [4.78, 5) is 28.7. The zero-order valence-electron chi connectivity index (χ0n) is 18.4. The number of amides is 1. The molecular weight excluding hydrogens is 396 g/mol. The van der Waals surface area contributed by atoms with Gasteiger partial charge in [0.05, 0.1) is 11.9 Å². The van der Waals surface area contributed by atoms with E-state index in [9.17, 15) is 4.79 Å². The molecule has 1 unspecified atom stereocenters. The lowest BCUT2D eigenvalue weighted by Crippen LogP contribution is -2.50. The van der Waals surface area contributed by atoms with Crippen LogP contribution in [0.15, 0.2) is 0 Å². The van der Waals surface area contributed by atoms with E-state index in [0.717, 1.165) is 73.9 Å². The highest BCUT2D eigenvalue weighted by molar-refractivity contribution is 7.19. The second-order valence-electron chi connectivity index (χ2n) is 9.15. The predicted molar refractivity (Wildman–Crippen MR) is 123 cm³/mol. The van der Waals surface area contributed by atoms with Crippen molar-refractivity contribution in [1.29, 1.82) is 0 Å². The minimum atomic E-state index is 0.115. The van der Waals surface area contributed by atoms with Gasteiger partial charge in [-0.15, -0.1) is 11.3 Å². The maximum atomic E-state index is 12.0. The van der Waals surface area contributed by atoms with Gasteiger partial charge in [-0.3, -0.25) is 9.69 Å². The molecule has 0 bridgehead atoms. The first-order chi connectivity index (χ1) is 14.4. The van der Waals surface area contributed by atoms with Gasteiger partial charge in [0.1, 0.15) is 16.5 Å². The molecule has 0 saturated carbocycles. The van der Waals surface area contributed by atoms with Crippen LogP contribution in [-0.4, -0.2) is 71.0 Å². The van der Waals surface area contributed by atoms with Gasteiger partial charge in [-0.05, 0) is 44.6 Å². The number of fused-ring (bicyclic) bond motifs is 3. The van der Waals surface area contributed by atoms with E-state index in [2.05, 4.69) is 27.0 Å². The normalized spacial score (nSPS) is 20.6. The summed E-state index contributed by atoms with van der Waals surface area (Å²) in [5.41, 5.74) is 7.76. The summed E-state index contributed by atoms with van der Waals surface area (Å²) in [7, 11) is 0. The fourth-order valence-corrected chi connectivity index (χ4v) is 5.94. The molecular formula is C22H34N6OS. The number of piperazine rings is 1. The highest BCUT2D eigenvalue weighted by Gasteiger charge is 2.24. The molecule has 30 heavy (non-hydrogen) atoms. The molecule has 0 spiro atoms. The number of rotatable bonds is 6. The van der Waals surface area contributed by atoms with Gasteiger partial charge in [-0.1, -0.05) is 6.92 Å². The number of nitrogens with two attached hydrogens (primary N) is 1. The number of nitrogens with one attached hydrogen (secondary N) is 1. The van der Waals surface area contributed by atoms with Crippen molar-refractivity contribution in [3.8, 4) is 0 Å². The molecule has 0 radical (unpaired) electrons. The van der Waals surface area contributed by atoms with Crippen molar-refractivity contribution in [2.24, 2.45) is 5.92 Å². The van der Waals surface area contributed by atoms with E-state index in [0.29, 0.717) is 12.4 Å². The number of hydrogen-bond acceptors (Lipinski definition) is 7. The van der Waals surface area contributed by atoms with Crippen LogP contribution < -0.4 is 11.1 Å². The fourth-order valence-electron chi connectivity index (χ4n) is 4.53. The van der Waals surface area contributed by atoms with Gasteiger partial charge in [0.25, 0.3) is 0 Å². The van der Waals surface area contributed by atoms with Crippen molar-refractivity contribution in [3.63, 3.8) is 0 Å². The first-order valence-electron chi connectivity index (χ1n) is 11.2. The minimum absolute atomic E-state index is 0.115. The lowest BCUT2D eigenvalue weighted by atomic mass is 9.89. The molecule has 1 saturated heterocycles. The number of hydrogen-bond donors (Lipinski definition) is 2. The average molecular weight is 431 g/mol. The summed E-state index contributed by atoms with van der Waals surface area (Å²) in [5.74, 6) is 2.37. The number of anilines is 1. The highest BCUT2D eigenvalue weighted by Crippen LogP contribution is 2.39. The summed E-state index contributed by atoms with van der Waals surface area (Å²) >= 11 is 1.81. The number of aromatic nitrogens is 2. The van der Waals surface area contributed by atoms with Crippen LogP contribution in [0.3, 0.4) is 0 Å². The quantitative estimate of drug-likeness (QED) is 0.730. The minimum Gasteiger partial charge on any atom is -0.383 e. The summed E-state index contributed by atoms with van der Waals surface area (Å²) < 4.78 is 0. The molecule has 1 amide bonds. The lowest BCUT2D eigenvalue weighted by molar-refractivity contribution is -0.123. The van der Waals surface area contributed by atoms with Crippen LogP contribution in [-0.2, 0) is 24.1 Å². The Balaban J connectivity index is 1.32. The molecule has 7 nitrogen and oxygen atoms in total. The van der Waals surface area contributed by atoms with Crippen LogP contribution in [0.4, 0.5) is 5.82 Å². The molecule has 3 N–H and O–H groups in total. The molecule has 2 aromatic rings. The second kappa shape index (κ2) is 9.16. The van der Waals surface area contributed by atoms with Crippen molar-refractivity contribution in [2.45, 2.75) is 52.5 Å². The molecule has 1 aliphatic carbocycles. The number of nitrogen functional groups attached to an aromatic ring is 1. The Morgan fingerprint density at radius 1 is 1.23 bits per heavy atom. The van der Waals surface area contributed by atoms with Gasteiger partial charge in [-0.25, -0.2) is 9.97 Å². The third-order valence-electron chi connectivity index (χ3n) is 6.16. The van der Waals surface area contributed by atoms with Gasteiger partial charge in [0.2, 0.25) is 5.91 Å². The van der Waals surface area contributed by atoms with E-state index in [1.165, 1.54) is 16.9 Å². The SMILES string of the molecule is CC1CCc2c(sc3nc(CCN4CCN(CC(=O)NC(C)C)CC4)nc(N)c23)C1. The Labute approximate surface area is 183 Å². The van der Waals surface area contributed by atoms with Crippen LogP contribution in [0.5, 0.6) is 0 Å². The first-order valence-corrected chi connectivity index (χ1v) is 12.0. The summed E-state index contributed by atoms with van der Waals surface area (Å²) in [5, 5.41) is 4.08. The number of carbonyl (C=O) groups is 1. The second-order valence-corrected chi connectivity index (χ2v) is 10.2. The first kappa shape index (κ1) is 21.5. The smallest absolute Gasteiger partial charge is 0.234 e. The van der Waals surface area contributed by atoms with Crippen LogP contribution >= 0.6 is 11.3 Å². The maximum absolute atomic E-state index is 12.0. The van der Waals surface area contributed by atoms with Crippen molar-refractivity contribution in [1.82, 2.24) is 25.1 Å². The van der Waals surface area contributed by atoms with E-state index in [1.807, 2.05) is 25.2 Å². The van der Waals surface area contributed by atoms with Gasteiger partial charge >= 0.3 is 0 Å². The van der Waals surface area contributed by atoms with Gasteiger partial charge in [0, 0.05) is 50.1 Å². The van der Waals surface area contributed by atoms with Gasteiger partial charge < -0.3 is 16.0 Å².